The predicted molar refractivity (Wildman–Crippen MR) is 104 cm³/mol. The number of rotatable bonds is 5. The van der Waals surface area contributed by atoms with E-state index in [4.69, 9.17) is 16.0 Å². The third-order valence-corrected chi connectivity index (χ3v) is 5.09. The average Bonchev–Trinajstić information content (AvgIpc) is 3.26. The molecule has 4 rings (SSSR count). The Labute approximate surface area is 162 Å². The number of nitrogens with zero attached hydrogens (tertiary/aromatic N) is 4. The van der Waals surface area contributed by atoms with Crippen molar-refractivity contribution in [1.82, 2.24) is 20.1 Å². The summed E-state index contributed by atoms with van der Waals surface area (Å²) in [6.45, 7) is 2.16. The third-order valence-electron chi connectivity index (χ3n) is 4.85. The molecule has 1 atom stereocenters. The normalized spacial score (nSPS) is 17.4. The van der Waals surface area contributed by atoms with Gasteiger partial charge in [0.25, 0.3) is 6.01 Å². The Morgan fingerprint density at radius 2 is 2.33 bits per heavy atom. The zero-order valence-corrected chi connectivity index (χ0v) is 15.9. The van der Waals surface area contributed by atoms with E-state index in [9.17, 15) is 4.79 Å². The van der Waals surface area contributed by atoms with Crippen molar-refractivity contribution in [2.45, 2.75) is 25.8 Å². The Bertz CT molecular complexity index is 951. The molecular formula is C19H22ClN5O2. The maximum absolute atomic E-state index is 12.3. The van der Waals surface area contributed by atoms with Gasteiger partial charge in [-0.2, -0.15) is 10.1 Å². The summed E-state index contributed by atoms with van der Waals surface area (Å²) >= 11 is 6.02. The topological polar surface area (TPSA) is 76.2 Å². The van der Waals surface area contributed by atoms with Gasteiger partial charge in [-0.05, 0) is 30.9 Å². The highest BCUT2D eigenvalue weighted by atomic mass is 35.5. The number of nitrogens with one attached hydrogen (secondary N) is 1. The Morgan fingerprint density at radius 3 is 3.15 bits per heavy atom. The Balaban J connectivity index is 1.35. The highest BCUT2D eigenvalue weighted by Crippen LogP contribution is 2.28. The molecule has 3 aromatic rings. The fourth-order valence-corrected chi connectivity index (χ4v) is 3.69. The number of fused-ring (bicyclic) bond motifs is 1. The maximum atomic E-state index is 12.3. The summed E-state index contributed by atoms with van der Waals surface area (Å²) in [7, 11) is 1.86. The second-order valence-electron chi connectivity index (χ2n) is 7.07. The smallest absolute Gasteiger partial charge is 0.298 e. The van der Waals surface area contributed by atoms with Gasteiger partial charge in [-0.15, -0.1) is 0 Å². The first-order chi connectivity index (χ1) is 13.1. The van der Waals surface area contributed by atoms with Crippen molar-refractivity contribution in [3.05, 3.63) is 41.2 Å². The van der Waals surface area contributed by atoms with Crippen LogP contribution in [0.15, 0.2) is 35.0 Å². The van der Waals surface area contributed by atoms with Gasteiger partial charge in [-0.25, -0.2) is 0 Å². The fraction of sp³-hybridized carbons (Fsp3) is 0.421. The maximum Gasteiger partial charge on any atom is 0.298 e. The third kappa shape index (κ3) is 4.24. The molecule has 1 unspecified atom stereocenters. The minimum absolute atomic E-state index is 0.0649. The van der Waals surface area contributed by atoms with Crippen LogP contribution in [0, 0.1) is 5.92 Å². The molecule has 7 nitrogen and oxygen atoms in total. The Morgan fingerprint density at radius 1 is 1.44 bits per heavy atom. The number of carbonyl (C=O) groups excluding carboxylic acids is 1. The lowest BCUT2D eigenvalue weighted by molar-refractivity contribution is -0.122. The molecule has 1 saturated heterocycles. The number of anilines is 1. The van der Waals surface area contributed by atoms with Crippen LogP contribution in [0.4, 0.5) is 6.01 Å². The molecule has 1 aliphatic rings. The molecule has 1 fully saturated rings. The predicted octanol–water partition coefficient (Wildman–Crippen LogP) is 3.14. The molecular weight excluding hydrogens is 366 g/mol. The van der Waals surface area contributed by atoms with E-state index in [0.29, 0.717) is 29.6 Å². The lowest BCUT2D eigenvalue weighted by Gasteiger charge is -2.31. The second kappa shape index (κ2) is 7.60. The van der Waals surface area contributed by atoms with Gasteiger partial charge in [0.05, 0.1) is 6.20 Å². The van der Waals surface area contributed by atoms with Crippen LogP contribution >= 0.6 is 11.6 Å². The first-order valence-corrected chi connectivity index (χ1v) is 9.50. The number of piperidine rings is 1. The Kier molecular flexibility index (Phi) is 5.03. The molecule has 1 aromatic carbocycles. The van der Waals surface area contributed by atoms with Crippen LogP contribution < -0.4 is 10.2 Å². The van der Waals surface area contributed by atoms with Gasteiger partial charge in [0.15, 0.2) is 5.58 Å². The summed E-state index contributed by atoms with van der Waals surface area (Å²) in [6, 6.07) is 6.05. The molecule has 1 N–H and O–H groups in total. The average molecular weight is 388 g/mol. The quantitative estimate of drug-likeness (QED) is 0.727. The van der Waals surface area contributed by atoms with Crippen molar-refractivity contribution in [2.75, 3.05) is 18.0 Å². The minimum Gasteiger partial charge on any atom is -0.423 e. The number of oxazole rings is 1. The summed E-state index contributed by atoms with van der Waals surface area (Å²) in [5, 5.41) is 7.72. The lowest BCUT2D eigenvalue weighted by atomic mass is 9.94. The largest absolute Gasteiger partial charge is 0.423 e. The van der Waals surface area contributed by atoms with Crippen molar-refractivity contribution in [2.24, 2.45) is 13.0 Å². The van der Waals surface area contributed by atoms with Gasteiger partial charge in [-0.3, -0.25) is 9.48 Å². The van der Waals surface area contributed by atoms with Crippen molar-refractivity contribution in [3.8, 4) is 0 Å². The molecule has 0 saturated carbocycles. The molecule has 142 valence electrons. The number of aromatic nitrogens is 3. The zero-order chi connectivity index (χ0) is 18.8. The standard InChI is InChI=1S/C19H22ClN5O2/c1-24-11-14(10-22-24)9-21-18(26)7-13-3-2-6-25(12-13)19-23-16-5-4-15(20)8-17(16)27-19/h4-5,8,10-11,13H,2-3,6-7,9,12H2,1H3,(H,21,26). The van der Waals surface area contributed by atoms with Gasteiger partial charge in [0, 0.05) is 56.0 Å². The summed E-state index contributed by atoms with van der Waals surface area (Å²) in [4.78, 5) is 19.0. The van der Waals surface area contributed by atoms with Crippen LogP contribution in [0.5, 0.6) is 0 Å². The van der Waals surface area contributed by atoms with Crippen molar-refractivity contribution < 1.29 is 9.21 Å². The monoisotopic (exact) mass is 387 g/mol. The van der Waals surface area contributed by atoms with Crippen molar-refractivity contribution in [3.63, 3.8) is 0 Å². The number of amides is 1. The number of benzene rings is 1. The number of carbonyl (C=O) groups is 1. The first kappa shape index (κ1) is 17.9. The van der Waals surface area contributed by atoms with Crippen LogP contribution in [0.1, 0.15) is 24.8 Å². The van der Waals surface area contributed by atoms with Gasteiger partial charge in [-0.1, -0.05) is 11.6 Å². The van der Waals surface area contributed by atoms with Crippen LogP contribution in [0.3, 0.4) is 0 Å². The molecule has 0 spiro atoms. The van der Waals surface area contributed by atoms with E-state index >= 15 is 0 Å². The summed E-state index contributed by atoms with van der Waals surface area (Å²) in [5.74, 6) is 0.348. The van der Waals surface area contributed by atoms with Gasteiger partial charge < -0.3 is 14.6 Å². The second-order valence-corrected chi connectivity index (χ2v) is 7.50. The van der Waals surface area contributed by atoms with E-state index < -0.39 is 0 Å². The van der Waals surface area contributed by atoms with Crippen molar-refractivity contribution in [1.29, 1.82) is 0 Å². The zero-order valence-electron chi connectivity index (χ0n) is 15.2. The van der Waals surface area contributed by atoms with E-state index in [-0.39, 0.29) is 11.8 Å². The number of halogens is 1. The SMILES string of the molecule is Cn1cc(CNC(=O)CC2CCCN(c3nc4ccc(Cl)cc4o3)C2)cn1. The van der Waals surface area contributed by atoms with Gasteiger partial charge in [0.1, 0.15) is 5.52 Å². The molecule has 0 radical (unpaired) electrons. The molecule has 1 amide bonds. The van der Waals surface area contributed by atoms with E-state index in [1.54, 1.807) is 16.9 Å². The number of hydrogen-bond acceptors (Lipinski definition) is 5. The van der Waals surface area contributed by atoms with E-state index in [1.165, 1.54) is 0 Å². The first-order valence-electron chi connectivity index (χ1n) is 9.12. The minimum atomic E-state index is 0.0649. The van der Waals surface area contributed by atoms with Crippen LogP contribution in [0.25, 0.3) is 11.1 Å². The van der Waals surface area contributed by atoms with Gasteiger partial charge in [0.2, 0.25) is 5.91 Å². The highest BCUT2D eigenvalue weighted by molar-refractivity contribution is 6.31. The Hall–Kier alpha value is -2.54. The molecule has 2 aromatic heterocycles. The lowest BCUT2D eigenvalue weighted by Crippen LogP contribution is -2.38. The molecule has 27 heavy (non-hydrogen) atoms. The van der Waals surface area contributed by atoms with Gasteiger partial charge >= 0.3 is 0 Å². The summed E-state index contributed by atoms with van der Waals surface area (Å²) in [5.41, 5.74) is 2.49. The fourth-order valence-electron chi connectivity index (χ4n) is 3.53. The molecule has 0 aliphatic carbocycles. The van der Waals surface area contributed by atoms with Crippen LogP contribution in [-0.4, -0.2) is 33.8 Å². The molecule has 8 heteroatoms. The van der Waals surface area contributed by atoms with E-state index in [1.807, 2.05) is 25.4 Å². The van der Waals surface area contributed by atoms with Crippen molar-refractivity contribution >= 4 is 34.6 Å². The van der Waals surface area contributed by atoms with E-state index in [0.717, 1.165) is 37.0 Å². The summed E-state index contributed by atoms with van der Waals surface area (Å²) in [6.07, 6.45) is 6.22. The number of hydrogen-bond donors (Lipinski definition) is 1. The van der Waals surface area contributed by atoms with Crippen LogP contribution in [0.2, 0.25) is 5.02 Å². The molecule has 0 bridgehead atoms. The molecule has 3 heterocycles. The summed E-state index contributed by atoms with van der Waals surface area (Å²) < 4.78 is 7.60. The van der Waals surface area contributed by atoms with E-state index in [2.05, 4.69) is 20.3 Å². The molecule has 1 aliphatic heterocycles. The number of aryl methyl sites for hydroxylation is 1. The highest BCUT2D eigenvalue weighted by Gasteiger charge is 2.25. The van der Waals surface area contributed by atoms with Crippen LogP contribution in [-0.2, 0) is 18.4 Å².